The van der Waals surface area contributed by atoms with Crippen LogP contribution in [0.25, 0.3) is 0 Å². The molecule has 0 atom stereocenters. The van der Waals surface area contributed by atoms with Gasteiger partial charge in [0.05, 0.1) is 0 Å². The first kappa shape index (κ1) is 26.7. The maximum absolute atomic E-state index is 14.2. The summed E-state index contributed by atoms with van der Waals surface area (Å²) in [6.07, 6.45) is 0. The summed E-state index contributed by atoms with van der Waals surface area (Å²) in [5, 5.41) is 2.82. The summed E-state index contributed by atoms with van der Waals surface area (Å²) in [6, 6.07) is 14.1. The van der Waals surface area contributed by atoms with Crippen molar-refractivity contribution in [3.63, 3.8) is 0 Å². The predicted molar refractivity (Wildman–Crippen MR) is 135 cm³/mol. The molecule has 11 heteroatoms. The van der Waals surface area contributed by atoms with Crippen molar-refractivity contribution in [1.82, 2.24) is 0 Å². The summed E-state index contributed by atoms with van der Waals surface area (Å²) in [7, 11) is 0. The molecule has 37 heavy (non-hydrogen) atoms. The van der Waals surface area contributed by atoms with Gasteiger partial charge in [0.25, 0.3) is 5.91 Å². The Labute approximate surface area is 218 Å². The van der Waals surface area contributed by atoms with Crippen molar-refractivity contribution >= 4 is 38.9 Å². The minimum atomic E-state index is -2.17. The van der Waals surface area contributed by atoms with Crippen LogP contribution in [0.2, 0.25) is 0 Å². The van der Waals surface area contributed by atoms with Gasteiger partial charge in [-0.15, -0.1) is 0 Å². The fourth-order valence-corrected chi connectivity index (χ4v) is 4.20. The van der Waals surface area contributed by atoms with Gasteiger partial charge in [0.15, 0.2) is 28.9 Å². The van der Waals surface area contributed by atoms with Crippen LogP contribution in [0.4, 0.5) is 39.0 Å². The molecule has 0 aliphatic carbocycles. The lowest BCUT2D eigenvalue weighted by molar-refractivity contribution is -0.128. The Bertz CT molecular complexity index is 1270. The van der Waals surface area contributed by atoms with Crippen molar-refractivity contribution in [2.45, 2.75) is 19.4 Å². The third kappa shape index (κ3) is 5.66. The van der Waals surface area contributed by atoms with Gasteiger partial charge in [0.2, 0.25) is 5.82 Å². The monoisotopic (exact) mass is 583 g/mol. The molecule has 5 nitrogen and oxygen atoms in total. The van der Waals surface area contributed by atoms with Gasteiger partial charge in [-0.2, -0.15) is 0 Å². The lowest BCUT2D eigenvalue weighted by Crippen LogP contribution is -2.47. The second-order valence-corrected chi connectivity index (χ2v) is 9.88. The zero-order valence-electron chi connectivity index (χ0n) is 19.9. The summed E-state index contributed by atoms with van der Waals surface area (Å²) in [4.78, 5) is 15.8. The number of carbonyl (C=O) groups excluding carboxylic acids is 1. The van der Waals surface area contributed by atoms with E-state index in [2.05, 4.69) is 21.2 Å². The summed E-state index contributed by atoms with van der Waals surface area (Å²) in [5.41, 5.74) is -0.740. The number of rotatable bonds is 6. The molecule has 1 fully saturated rings. The molecule has 0 aromatic heterocycles. The standard InChI is InChI=1S/C26H23BrF5N3O2/c1-26(2,37-18-9-3-15(27)4-10-18)25(36)33-16-5-7-17(8-6-16)34-11-13-35(14-12-34)24-22(31)20(29)19(28)21(30)23(24)32/h3-10H,11-14H2,1-2H3,(H,33,36). The van der Waals surface area contributed by atoms with Gasteiger partial charge in [-0.05, 0) is 62.4 Å². The normalized spacial score (nSPS) is 14.1. The van der Waals surface area contributed by atoms with Crippen molar-refractivity contribution in [1.29, 1.82) is 0 Å². The predicted octanol–water partition coefficient (Wildman–Crippen LogP) is 6.27. The number of nitrogens with one attached hydrogen (secondary N) is 1. The molecule has 4 rings (SSSR count). The number of benzene rings is 3. The lowest BCUT2D eigenvalue weighted by atomic mass is 10.1. The average Bonchev–Trinajstić information content (AvgIpc) is 2.88. The van der Waals surface area contributed by atoms with E-state index >= 15 is 0 Å². The van der Waals surface area contributed by atoms with Crippen LogP contribution < -0.4 is 19.9 Å². The van der Waals surface area contributed by atoms with E-state index in [0.717, 1.165) is 15.1 Å². The van der Waals surface area contributed by atoms with Crippen molar-refractivity contribution in [3.8, 4) is 5.75 Å². The van der Waals surface area contributed by atoms with Crippen molar-refractivity contribution in [2.24, 2.45) is 0 Å². The summed E-state index contributed by atoms with van der Waals surface area (Å²) < 4.78 is 75.6. The van der Waals surface area contributed by atoms with E-state index in [4.69, 9.17) is 4.74 Å². The molecule has 1 amide bonds. The number of hydrogen-bond donors (Lipinski definition) is 1. The number of amides is 1. The van der Waals surface area contributed by atoms with E-state index in [1.807, 2.05) is 17.0 Å². The van der Waals surface area contributed by atoms with Crippen LogP contribution in [-0.4, -0.2) is 37.7 Å². The molecule has 0 bridgehead atoms. The Kier molecular flexibility index (Phi) is 7.63. The smallest absolute Gasteiger partial charge is 0.267 e. The summed E-state index contributed by atoms with van der Waals surface area (Å²) in [6.45, 7) is 4.00. The highest BCUT2D eigenvalue weighted by Gasteiger charge is 2.32. The molecule has 1 N–H and O–H groups in total. The topological polar surface area (TPSA) is 44.8 Å². The Hall–Kier alpha value is -3.34. The zero-order chi connectivity index (χ0) is 26.9. The summed E-state index contributed by atoms with van der Waals surface area (Å²) >= 11 is 3.35. The fourth-order valence-electron chi connectivity index (χ4n) is 3.94. The first-order valence-corrected chi connectivity index (χ1v) is 12.1. The first-order chi connectivity index (χ1) is 17.5. The Balaban J connectivity index is 1.37. The SMILES string of the molecule is CC(C)(Oc1ccc(Br)cc1)C(=O)Nc1ccc(N2CCN(c3c(F)c(F)c(F)c(F)c3F)CC2)cc1. The van der Waals surface area contributed by atoms with E-state index in [9.17, 15) is 26.7 Å². The number of anilines is 3. The van der Waals surface area contributed by atoms with Gasteiger partial charge in [0.1, 0.15) is 11.4 Å². The highest BCUT2D eigenvalue weighted by Crippen LogP contribution is 2.32. The van der Waals surface area contributed by atoms with Gasteiger partial charge in [-0.1, -0.05) is 15.9 Å². The second kappa shape index (κ2) is 10.6. The van der Waals surface area contributed by atoms with Gasteiger partial charge in [-0.25, -0.2) is 22.0 Å². The van der Waals surface area contributed by atoms with Gasteiger partial charge >= 0.3 is 0 Å². The molecule has 0 spiro atoms. The van der Waals surface area contributed by atoms with Crippen molar-refractivity contribution in [2.75, 3.05) is 41.3 Å². The highest BCUT2D eigenvalue weighted by molar-refractivity contribution is 9.10. The highest BCUT2D eigenvalue weighted by atomic mass is 79.9. The van der Waals surface area contributed by atoms with Crippen LogP contribution in [-0.2, 0) is 4.79 Å². The largest absolute Gasteiger partial charge is 0.478 e. The molecular formula is C26H23BrF5N3O2. The number of piperazine rings is 1. The van der Waals surface area contributed by atoms with Crippen LogP contribution in [0.1, 0.15) is 13.8 Å². The van der Waals surface area contributed by atoms with Gasteiger partial charge < -0.3 is 19.9 Å². The van der Waals surface area contributed by atoms with E-state index in [0.29, 0.717) is 24.5 Å². The van der Waals surface area contributed by atoms with E-state index in [1.165, 1.54) is 0 Å². The molecule has 1 heterocycles. The molecule has 3 aromatic carbocycles. The quantitative estimate of drug-likeness (QED) is 0.211. The second-order valence-electron chi connectivity index (χ2n) is 8.96. The van der Waals surface area contributed by atoms with Crippen LogP contribution in [0, 0.1) is 29.1 Å². The number of nitrogens with zero attached hydrogens (tertiary/aromatic N) is 2. The maximum atomic E-state index is 14.2. The first-order valence-electron chi connectivity index (χ1n) is 11.4. The molecule has 0 radical (unpaired) electrons. The Morgan fingerprint density at radius 3 is 1.81 bits per heavy atom. The average molecular weight is 584 g/mol. The third-order valence-electron chi connectivity index (χ3n) is 6.01. The molecule has 1 saturated heterocycles. The van der Waals surface area contributed by atoms with Gasteiger partial charge in [0, 0.05) is 42.0 Å². The van der Waals surface area contributed by atoms with E-state index in [1.54, 1.807) is 50.2 Å². The fraction of sp³-hybridized carbons (Fsp3) is 0.269. The Morgan fingerprint density at radius 1 is 0.784 bits per heavy atom. The van der Waals surface area contributed by atoms with Crippen LogP contribution in [0.3, 0.4) is 0 Å². The van der Waals surface area contributed by atoms with Crippen molar-refractivity contribution < 1.29 is 31.5 Å². The Morgan fingerprint density at radius 2 is 1.27 bits per heavy atom. The molecule has 3 aromatic rings. The number of halogens is 6. The molecule has 196 valence electrons. The number of hydrogen-bond acceptors (Lipinski definition) is 4. The minimum Gasteiger partial charge on any atom is -0.478 e. The molecule has 0 unspecified atom stereocenters. The number of carbonyl (C=O) groups is 1. The lowest BCUT2D eigenvalue weighted by Gasteiger charge is -2.37. The minimum absolute atomic E-state index is 0.0540. The summed E-state index contributed by atoms with van der Waals surface area (Å²) in [5.74, 6) is -9.57. The van der Waals surface area contributed by atoms with E-state index < -0.39 is 40.4 Å². The van der Waals surface area contributed by atoms with Crippen LogP contribution >= 0.6 is 15.9 Å². The van der Waals surface area contributed by atoms with Crippen LogP contribution in [0.15, 0.2) is 53.0 Å². The molecule has 1 aliphatic heterocycles. The zero-order valence-corrected chi connectivity index (χ0v) is 21.5. The van der Waals surface area contributed by atoms with Gasteiger partial charge in [-0.3, -0.25) is 4.79 Å². The van der Waals surface area contributed by atoms with Crippen LogP contribution in [0.5, 0.6) is 5.75 Å². The maximum Gasteiger partial charge on any atom is 0.267 e. The van der Waals surface area contributed by atoms with E-state index in [-0.39, 0.29) is 19.0 Å². The third-order valence-corrected chi connectivity index (χ3v) is 6.53. The number of ether oxygens (including phenoxy) is 1. The molecular weight excluding hydrogens is 561 g/mol. The van der Waals surface area contributed by atoms with Crippen molar-refractivity contribution in [3.05, 3.63) is 82.1 Å². The molecule has 0 saturated carbocycles. The molecule has 1 aliphatic rings.